The number of hydrogen-bond donors (Lipinski definition) is 1. The highest BCUT2D eigenvalue weighted by Crippen LogP contribution is 2.33. The van der Waals surface area contributed by atoms with E-state index in [1.165, 1.54) is 36.0 Å². The lowest BCUT2D eigenvalue weighted by Gasteiger charge is -2.11. The molecule has 0 radical (unpaired) electrons. The standard InChI is InChI=1S/C17H12F4N2OS/c18-12-2-5-14(6-3-12)25-8-7-16(24)23-13-4-1-11(10-22)15(9-13)17(19,20)21/h1-6,9H,7-8H2,(H,23,24). The van der Waals surface area contributed by atoms with Crippen LogP contribution in [0.2, 0.25) is 0 Å². The van der Waals surface area contributed by atoms with Crippen LogP contribution in [0.5, 0.6) is 0 Å². The Morgan fingerprint density at radius 2 is 1.84 bits per heavy atom. The molecule has 0 bridgehead atoms. The zero-order valence-electron chi connectivity index (χ0n) is 12.7. The molecule has 8 heteroatoms. The van der Waals surface area contributed by atoms with Crippen LogP contribution < -0.4 is 5.32 Å². The fraction of sp³-hybridized carbons (Fsp3) is 0.176. The molecule has 2 aromatic rings. The summed E-state index contributed by atoms with van der Waals surface area (Å²) in [7, 11) is 0. The Morgan fingerprint density at radius 1 is 1.16 bits per heavy atom. The molecule has 0 spiro atoms. The molecule has 0 aliphatic carbocycles. The summed E-state index contributed by atoms with van der Waals surface area (Å²) in [5.74, 6) is -0.421. The van der Waals surface area contributed by atoms with E-state index in [9.17, 15) is 22.4 Å². The third kappa shape index (κ3) is 5.50. The number of benzene rings is 2. The number of hydrogen-bond acceptors (Lipinski definition) is 3. The molecule has 0 aliphatic rings. The van der Waals surface area contributed by atoms with Gasteiger partial charge in [0.15, 0.2) is 0 Å². The zero-order chi connectivity index (χ0) is 18.4. The summed E-state index contributed by atoms with van der Waals surface area (Å²) < 4.78 is 51.4. The SMILES string of the molecule is N#Cc1ccc(NC(=O)CCSc2ccc(F)cc2)cc1C(F)(F)F. The third-order valence-electron chi connectivity index (χ3n) is 3.14. The van der Waals surface area contributed by atoms with Crippen molar-refractivity contribution < 1.29 is 22.4 Å². The van der Waals surface area contributed by atoms with Gasteiger partial charge < -0.3 is 5.32 Å². The lowest BCUT2D eigenvalue weighted by Crippen LogP contribution is -2.14. The van der Waals surface area contributed by atoms with Gasteiger partial charge in [-0.1, -0.05) is 0 Å². The number of amides is 1. The predicted octanol–water partition coefficient (Wildman–Crippen LogP) is 4.84. The molecule has 0 fully saturated rings. The summed E-state index contributed by atoms with van der Waals surface area (Å²) in [5.41, 5.74) is -1.62. The smallest absolute Gasteiger partial charge is 0.326 e. The first kappa shape index (κ1) is 18.8. The van der Waals surface area contributed by atoms with Gasteiger partial charge >= 0.3 is 6.18 Å². The molecule has 2 rings (SSSR count). The first-order chi connectivity index (χ1) is 11.8. The number of nitrogens with zero attached hydrogens (tertiary/aromatic N) is 1. The van der Waals surface area contributed by atoms with Crippen LogP contribution >= 0.6 is 11.8 Å². The molecule has 1 N–H and O–H groups in total. The van der Waals surface area contributed by atoms with Gasteiger partial charge in [-0.3, -0.25) is 4.79 Å². The Labute approximate surface area is 145 Å². The van der Waals surface area contributed by atoms with Crippen LogP contribution in [-0.2, 0) is 11.0 Å². The first-order valence-corrected chi connectivity index (χ1v) is 8.08. The van der Waals surface area contributed by atoms with E-state index in [2.05, 4.69) is 5.32 Å². The minimum absolute atomic E-state index is 0.0249. The van der Waals surface area contributed by atoms with Crippen LogP contribution in [0.15, 0.2) is 47.4 Å². The van der Waals surface area contributed by atoms with Crippen LogP contribution in [0.1, 0.15) is 17.5 Å². The lowest BCUT2D eigenvalue weighted by molar-refractivity contribution is -0.137. The van der Waals surface area contributed by atoms with Crippen molar-refractivity contribution in [2.45, 2.75) is 17.5 Å². The number of alkyl halides is 3. The van der Waals surface area contributed by atoms with Crippen molar-refractivity contribution in [2.24, 2.45) is 0 Å². The van der Waals surface area contributed by atoms with Crippen molar-refractivity contribution in [3.8, 4) is 6.07 Å². The molecule has 0 unspecified atom stereocenters. The van der Waals surface area contributed by atoms with E-state index in [-0.39, 0.29) is 17.9 Å². The van der Waals surface area contributed by atoms with Gasteiger partial charge in [0, 0.05) is 22.8 Å². The number of nitriles is 1. The summed E-state index contributed by atoms with van der Waals surface area (Å²) in [5, 5.41) is 11.1. The van der Waals surface area contributed by atoms with Crippen molar-refractivity contribution >= 4 is 23.4 Å². The summed E-state index contributed by atoms with van der Waals surface area (Å²) in [6.07, 6.45) is -4.60. The Balaban J connectivity index is 1.94. The maximum absolute atomic E-state index is 12.9. The van der Waals surface area contributed by atoms with E-state index >= 15 is 0 Å². The van der Waals surface area contributed by atoms with Gasteiger partial charge in [-0.15, -0.1) is 11.8 Å². The molecule has 0 aromatic heterocycles. The number of carbonyl (C=O) groups is 1. The van der Waals surface area contributed by atoms with Crippen molar-refractivity contribution in [3.05, 3.63) is 59.4 Å². The third-order valence-corrected chi connectivity index (χ3v) is 4.15. The molecule has 25 heavy (non-hydrogen) atoms. The topological polar surface area (TPSA) is 52.9 Å². The van der Waals surface area contributed by atoms with Gasteiger partial charge in [-0.25, -0.2) is 4.39 Å². The average molecular weight is 368 g/mol. The number of rotatable bonds is 5. The van der Waals surface area contributed by atoms with Gasteiger partial charge in [0.05, 0.1) is 17.2 Å². The highest BCUT2D eigenvalue weighted by Gasteiger charge is 2.33. The molecule has 130 valence electrons. The van der Waals surface area contributed by atoms with Gasteiger partial charge in [0.2, 0.25) is 5.91 Å². The van der Waals surface area contributed by atoms with Crippen LogP contribution in [0, 0.1) is 17.1 Å². The number of thioether (sulfide) groups is 1. The van der Waals surface area contributed by atoms with E-state index in [0.717, 1.165) is 17.0 Å². The van der Waals surface area contributed by atoms with E-state index in [1.807, 2.05) is 0 Å². The normalized spacial score (nSPS) is 11.0. The number of halogens is 4. The number of nitrogens with one attached hydrogen (secondary N) is 1. The van der Waals surface area contributed by atoms with Gasteiger partial charge in [-0.2, -0.15) is 18.4 Å². The highest BCUT2D eigenvalue weighted by atomic mass is 32.2. The Hall–Kier alpha value is -2.53. The second-order valence-electron chi connectivity index (χ2n) is 4.97. The predicted molar refractivity (Wildman–Crippen MR) is 86.5 cm³/mol. The molecule has 0 saturated carbocycles. The summed E-state index contributed by atoms with van der Waals surface area (Å²) in [6, 6.07) is 10.2. The zero-order valence-corrected chi connectivity index (χ0v) is 13.5. The first-order valence-electron chi connectivity index (χ1n) is 7.09. The van der Waals surface area contributed by atoms with Crippen LogP contribution in [-0.4, -0.2) is 11.7 Å². The van der Waals surface area contributed by atoms with Crippen molar-refractivity contribution in [2.75, 3.05) is 11.1 Å². The molecule has 0 atom stereocenters. The van der Waals surface area contributed by atoms with E-state index in [1.54, 1.807) is 12.1 Å². The highest BCUT2D eigenvalue weighted by molar-refractivity contribution is 7.99. The van der Waals surface area contributed by atoms with E-state index in [0.29, 0.717) is 5.75 Å². The van der Waals surface area contributed by atoms with Gasteiger partial charge in [-0.05, 0) is 42.5 Å². The molecule has 2 aromatic carbocycles. The molecule has 0 saturated heterocycles. The Bertz CT molecular complexity index is 798. The Morgan fingerprint density at radius 3 is 2.44 bits per heavy atom. The maximum Gasteiger partial charge on any atom is 0.417 e. The molecular formula is C17H12F4N2OS. The minimum atomic E-state index is -4.68. The number of carbonyl (C=O) groups excluding carboxylic acids is 1. The summed E-state index contributed by atoms with van der Waals surface area (Å²) in [6.45, 7) is 0. The minimum Gasteiger partial charge on any atom is -0.326 e. The number of anilines is 1. The largest absolute Gasteiger partial charge is 0.417 e. The Kier molecular flexibility index (Phi) is 6.04. The van der Waals surface area contributed by atoms with Gasteiger partial charge in [0.25, 0.3) is 0 Å². The van der Waals surface area contributed by atoms with E-state index < -0.39 is 23.2 Å². The maximum atomic E-state index is 12.9. The quantitative estimate of drug-likeness (QED) is 0.607. The van der Waals surface area contributed by atoms with Crippen LogP contribution in [0.25, 0.3) is 0 Å². The second-order valence-corrected chi connectivity index (χ2v) is 6.14. The van der Waals surface area contributed by atoms with Gasteiger partial charge in [0.1, 0.15) is 5.82 Å². The fourth-order valence-corrected chi connectivity index (χ4v) is 2.82. The van der Waals surface area contributed by atoms with Crippen molar-refractivity contribution in [1.82, 2.24) is 0 Å². The molecule has 0 aliphatic heterocycles. The summed E-state index contributed by atoms with van der Waals surface area (Å²) >= 11 is 1.33. The van der Waals surface area contributed by atoms with Crippen molar-refractivity contribution in [3.63, 3.8) is 0 Å². The molecule has 0 heterocycles. The fourth-order valence-electron chi connectivity index (χ4n) is 1.97. The van der Waals surface area contributed by atoms with Crippen LogP contribution in [0.4, 0.5) is 23.2 Å². The monoisotopic (exact) mass is 368 g/mol. The van der Waals surface area contributed by atoms with Crippen LogP contribution in [0.3, 0.4) is 0 Å². The average Bonchev–Trinajstić information content (AvgIpc) is 2.56. The van der Waals surface area contributed by atoms with Crippen molar-refractivity contribution in [1.29, 1.82) is 5.26 Å². The lowest BCUT2D eigenvalue weighted by atomic mass is 10.1. The summed E-state index contributed by atoms with van der Waals surface area (Å²) in [4.78, 5) is 12.6. The second kappa shape index (κ2) is 8.03. The van der Waals surface area contributed by atoms with E-state index in [4.69, 9.17) is 5.26 Å². The molecular weight excluding hydrogens is 356 g/mol. The molecule has 3 nitrogen and oxygen atoms in total. The molecule has 1 amide bonds.